The summed E-state index contributed by atoms with van der Waals surface area (Å²) in [7, 11) is 0. The minimum atomic E-state index is 0.0652. The van der Waals surface area contributed by atoms with Gasteiger partial charge in [0.2, 0.25) is 0 Å². The summed E-state index contributed by atoms with van der Waals surface area (Å²) in [6, 6.07) is 0. The molecule has 0 aromatic rings. The molecule has 102 valence electrons. The summed E-state index contributed by atoms with van der Waals surface area (Å²) in [5, 5.41) is 0. The molecule has 0 amide bonds. The second kappa shape index (κ2) is 7.38. The van der Waals surface area contributed by atoms with Gasteiger partial charge in [0.25, 0.3) is 0 Å². The molecule has 1 saturated heterocycles. The lowest BCUT2D eigenvalue weighted by Gasteiger charge is -2.33. The molecule has 2 N–H and O–H groups in total. The summed E-state index contributed by atoms with van der Waals surface area (Å²) in [5.74, 6) is 1.51. The number of rotatable bonds is 7. The van der Waals surface area contributed by atoms with Crippen molar-refractivity contribution in [2.75, 3.05) is 13.2 Å². The van der Waals surface area contributed by atoms with Crippen molar-refractivity contribution in [2.45, 2.75) is 71.3 Å². The quantitative estimate of drug-likeness (QED) is 0.689. The van der Waals surface area contributed by atoms with Crippen LogP contribution in [0, 0.1) is 11.8 Å². The molecular formula is C15H31NO. The third-order valence-corrected chi connectivity index (χ3v) is 4.65. The Morgan fingerprint density at radius 3 is 2.41 bits per heavy atom. The van der Waals surface area contributed by atoms with Gasteiger partial charge >= 0.3 is 0 Å². The molecule has 17 heavy (non-hydrogen) atoms. The van der Waals surface area contributed by atoms with Gasteiger partial charge in [-0.2, -0.15) is 0 Å². The van der Waals surface area contributed by atoms with Gasteiger partial charge in [0, 0.05) is 18.8 Å². The first kappa shape index (κ1) is 15.0. The number of unbranched alkanes of at least 4 members (excludes halogenated alkanes) is 1. The summed E-state index contributed by atoms with van der Waals surface area (Å²) < 4.78 is 5.39. The van der Waals surface area contributed by atoms with Crippen molar-refractivity contribution < 1.29 is 4.74 Å². The van der Waals surface area contributed by atoms with Crippen LogP contribution in [0.25, 0.3) is 0 Å². The maximum Gasteiger partial charge on any atom is 0.0468 e. The average Bonchev–Trinajstić information content (AvgIpc) is 2.35. The van der Waals surface area contributed by atoms with Crippen molar-refractivity contribution in [2.24, 2.45) is 17.6 Å². The van der Waals surface area contributed by atoms with Crippen LogP contribution in [-0.2, 0) is 4.74 Å². The van der Waals surface area contributed by atoms with Gasteiger partial charge in [0.1, 0.15) is 0 Å². The van der Waals surface area contributed by atoms with E-state index in [1.807, 2.05) is 0 Å². The van der Waals surface area contributed by atoms with E-state index in [-0.39, 0.29) is 5.54 Å². The summed E-state index contributed by atoms with van der Waals surface area (Å²) in [6.07, 6.45) is 8.83. The molecule has 0 bridgehead atoms. The normalized spacial score (nSPS) is 21.7. The van der Waals surface area contributed by atoms with Gasteiger partial charge in [-0.1, -0.05) is 40.0 Å². The third-order valence-electron chi connectivity index (χ3n) is 4.65. The molecule has 1 rings (SSSR count). The summed E-state index contributed by atoms with van der Waals surface area (Å²) in [5.41, 5.74) is 6.50. The second-order valence-corrected chi connectivity index (χ2v) is 6.04. The van der Waals surface area contributed by atoms with Crippen molar-refractivity contribution in [3.63, 3.8) is 0 Å². The van der Waals surface area contributed by atoms with E-state index in [4.69, 9.17) is 10.5 Å². The van der Waals surface area contributed by atoms with Gasteiger partial charge in [0.15, 0.2) is 0 Å². The highest BCUT2D eigenvalue weighted by atomic mass is 16.5. The standard InChI is InChI=1S/C15H31NO/c1-4-15(16,13(2)3)10-6-5-7-14-8-11-17-12-9-14/h13-14H,4-12,16H2,1-3H3. The summed E-state index contributed by atoms with van der Waals surface area (Å²) in [6.45, 7) is 8.68. The van der Waals surface area contributed by atoms with Crippen molar-refractivity contribution >= 4 is 0 Å². The largest absolute Gasteiger partial charge is 0.381 e. The van der Waals surface area contributed by atoms with Crippen molar-refractivity contribution in [3.05, 3.63) is 0 Å². The van der Waals surface area contributed by atoms with Crippen LogP contribution in [0.15, 0.2) is 0 Å². The second-order valence-electron chi connectivity index (χ2n) is 6.04. The molecule has 0 aliphatic carbocycles. The molecular weight excluding hydrogens is 210 g/mol. The molecule has 1 fully saturated rings. The topological polar surface area (TPSA) is 35.2 Å². The van der Waals surface area contributed by atoms with Crippen LogP contribution in [-0.4, -0.2) is 18.8 Å². The maximum absolute atomic E-state index is 6.44. The SMILES string of the molecule is CCC(N)(CCCCC1CCOCC1)C(C)C. The Morgan fingerprint density at radius 1 is 1.24 bits per heavy atom. The Kier molecular flexibility index (Phi) is 6.50. The van der Waals surface area contributed by atoms with E-state index in [0.717, 1.165) is 25.6 Å². The summed E-state index contributed by atoms with van der Waals surface area (Å²) in [4.78, 5) is 0. The molecule has 0 radical (unpaired) electrons. The van der Waals surface area contributed by atoms with Crippen LogP contribution in [0.4, 0.5) is 0 Å². The van der Waals surface area contributed by atoms with E-state index in [0.29, 0.717) is 5.92 Å². The van der Waals surface area contributed by atoms with Crippen LogP contribution in [0.2, 0.25) is 0 Å². The van der Waals surface area contributed by atoms with E-state index < -0.39 is 0 Å². The van der Waals surface area contributed by atoms with Gasteiger partial charge < -0.3 is 10.5 Å². The van der Waals surface area contributed by atoms with Crippen LogP contribution < -0.4 is 5.73 Å². The first-order chi connectivity index (χ1) is 8.08. The van der Waals surface area contributed by atoms with Crippen molar-refractivity contribution in [1.29, 1.82) is 0 Å². The highest BCUT2D eigenvalue weighted by Crippen LogP contribution is 2.27. The molecule has 2 nitrogen and oxygen atoms in total. The zero-order valence-electron chi connectivity index (χ0n) is 12.0. The molecule has 1 aliphatic heterocycles. The lowest BCUT2D eigenvalue weighted by molar-refractivity contribution is 0.0628. The minimum absolute atomic E-state index is 0.0652. The number of nitrogens with two attached hydrogens (primary N) is 1. The minimum Gasteiger partial charge on any atom is -0.381 e. The summed E-state index contributed by atoms with van der Waals surface area (Å²) >= 11 is 0. The van der Waals surface area contributed by atoms with Gasteiger partial charge in [-0.15, -0.1) is 0 Å². The first-order valence-electron chi connectivity index (χ1n) is 7.45. The van der Waals surface area contributed by atoms with E-state index in [2.05, 4.69) is 20.8 Å². The van der Waals surface area contributed by atoms with Crippen LogP contribution in [0.3, 0.4) is 0 Å². The Morgan fingerprint density at radius 2 is 1.88 bits per heavy atom. The van der Waals surface area contributed by atoms with Gasteiger partial charge in [-0.05, 0) is 37.5 Å². The van der Waals surface area contributed by atoms with Crippen molar-refractivity contribution in [1.82, 2.24) is 0 Å². The van der Waals surface area contributed by atoms with Crippen LogP contribution >= 0.6 is 0 Å². The van der Waals surface area contributed by atoms with E-state index in [1.54, 1.807) is 0 Å². The fourth-order valence-electron chi connectivity index (χ4n) is 2.80. The van der Waals surface area contributed by atoms with Crippen molar-refractivity contribution in [3.8, 4) is 0 Å². The molecule has 1 aliphatic rings. The number of ether oxygens (including phenoxy) is 1. The zero-order chi connectivity index (χ0) is 12.7. The predicted octanol–water partition coefficient (Wildman–Crippen LogP) is 3.74. The monoisotopic (exact) mass is 241 g/mol. The lowest BCUT2D eigenvalue weighted by atomic mass is 9.80. The Bertz CT molecular complexity index is 199. The lowest BCUT2D eigenvalue weighted by Crippen LogP contribution is -2.44. The number of hydrogen-bond acceptors (Lipinski definition) is 2. The molecule has 0 aromatic carbocycles. The van der Waals surface area contributed by atoms with E-state index in [9.17, 15) is 0 Å². The Labute approximate surface area is 107 Å². The van der Waals surface area contributed by atoms with Gasteiger partial charge in [-0.3, -0.25) is 0 Å². The van der Waals surface area contributed by atoms with Crippen LogP contribution in [0.5, 0.6) is 0 Å². The fourth-order valence-corrected chi connectivity index (χ4v) is 2.80. The Balaban J connectivity index is 2.13. The smallest absolute Gasteiger partial charge is 0.0468 e. The Hall–Kier alpha value is -0.0800. The predicted molar refractivity (Wildman–Crippen MR) is 74.1 cm³/mol. The molecule has 1 unspecified atom stereocenters. The highest BCUT2D eigenvalue weighted by Gasteiger charge is 2.26. The zero-order valence-corrected chi connectivity index (χ0v) is 12.0. The fraction of sp³-hybridized carbons (Fsp3) is 1.00. The molecule has 0 saturated carbocycles. The number of hydrogen-bond donors (Lipinski definition) is 1. The molecule has 1 atom stereocenters. The molecule has 0 spiro atoms. The molecule has 0 aromatic heterocycles. The van der Waals surface area contributed by atoms with Crippen LogP contribution in [0.1, 0.15) is 65.7 Å². The average molecular weight is 241 g/mol. The first-order valence-corrected chi connectivity index (χ1v) is 7.45. The van der Waals surface area contributed by atoms with E-state index >= 15 is 0 Å². The molecule has 1 heterocycles. The highest BCUT2D eigenvalue weighted by molar-refractivity contribution is 4.85. The third kappa shape index (κ3) is 4.97. The molecule has 2 heteroatoms. The van der Waals surface area contributed by atoms with Gasteiger partial charge in [0.05, 0.1) is 0 Å². The van der Waals surface area contributed by atoms with Gasteiger partial charge in [-0.25, -0.2) is 0 Å². The maximum atomic E-state index is 6.44. The van der Waals surface area contributed by atoms with E-state index in [1.165, 1.54) is 38.5 Å².